The topological polar surface area (TPSA) is 36.3 Å². The number of anilines is 1. The zero-order chi connectivity index (χ0) is 13.3. The van der Waals surface area contributed by atoms with Crippen molar-refractivity contribution in [2.75, 3.05) is 18.0 Å². The first kappa shape index (κ1) is 13.2. The molecule has 1 aliphatic rings. The van der Waals surface area contributed by atoms with Gasteiger partial charge in [-0.15, -0.1) is 0 Å². The van der Waals surface area contributed by atoms with E-state index in [4.69, 9.17) is 16.3 Å². The number of hydrogen-bond donors (Lipinski definition) is 0. The number of morpholine rings is 1. The summed E-state index contributed by atoms with van der Waals surface area (Å²) >= 11 is 6.08. The second-order valence-corrected chi connectivity index (χ2v) is 5.72. The molecule has 18 heavy (non-hydrogen) atoms. The van der Waals surface area contributed by atoms with Crippen LogP contribution < -0.4 is 4.90 Å². The number of benzene rings is 1. The Morgan fingerprint density at radius 2 is 2.22 bits per heavy atom. The van der Waals surface area contributed by atoms with Crippen molar-refractivity contribution in [2.24, 2.45) is 0 Å². The SMILES string of the molecule is CC1CN(c2cccc(Cl)c2C#N)CC(C)(C)O1. The minimum atomic E-state index is -0.216. The highest BCUT2D eigenvalue weighted by molar-refractivity contribution is 6.32. The van der Waals surface area contributed by atoms with Crippen LogP contribution in [0.1, 0.15) is 26.3 Å². The second kappa shape index (κ2) is 4.79. The van der Waals surface area contributed by atoms with Crippen LogP contribution in [0.2, 0.25) is 5.02 Å². The van der Waals surface area contributed by atoms with E-state index in [-0.39, 0.29) is 11.7 Å². The minimum Gasteiger partial charge on any atom is -0.369 e. The highest BCUT2D eigenvalue weighted by atomic mass is 35.5. The lowest BCUT2D eigenvalue weighted by molar-refractivity contribution is -0.0749. The van der Waals surface area contributed by atoms with E-state index in [0.29, 0.717) is 10.6 Å². The van der Waals surface area contributed by atoms with Crippen molar-refractivity contribution in [3.05, 3.63) is 28.8 Å². The van der Waals surface area contributed by atoms with E-state index >= 15 is 0 Å². The molecule has 0 aliphatic carbocycles. The summed E-state index contributed by atoms with van der Waals surface area (Å²) in [6.07, 6.45) is 0.138. The third-order valence-corrected chi connectivity index (χ3v) is 3.33. The van der Waals surface area contributed by atoms with Gasteiger partial charge in [-0.05, 0) is 32.9 Å². The molecule has 0 saturated carbocycles. The zero-order valence-corrected chi connectivity index (χ0v) is 11.7. The Balaban J connectivity index is 2.38. The maximum Gasteiger partial charge on any atom is 0.103 e. The van der Waals surface area contributed by atoms with Gasteiger partial charge in [-0.2, -0.15) is 5.26 Å². The molecule has 1 atom stereocenters. The van der Waals surface area contributed by atoms with Crippen molar-refractivity contribution in [3.63, 3.8) is 0 Å². The van der Waals surface area contributed by atoms with Crippen LogP contribution in [0.3, 0.4) is 0 Å². The first-order valence-electron chi connectivity index (χ1n) is 6.04. The molecule has 4 heteroatoms. The number of halogens is 1. The Morgan fingerprint density at radius 1 is 1.50 bits per heavy atom. The van der Waals surface area contributed by atoms with Crippen molar-refractivity contribution < 1.29 is 4.74 Å². The minimum absolute atomic E-state index is 0.138. The van der Waals surface area contributed by atoms with Gasteiger partial charge in [-0.25, -0.2) is 0 Å². The molecule has 0 spiro atoms. The Hall–Kier alpha value is -1.24. The fourth-order valence-corrected chi connectivity index (χ4v) is 2.74. The summed E-state index contributed by atoms with van der Waals surface area (Å²) in [6.45, 7) is 7.70. The van der Waals surface area contributed by atoms with Gasteiger partial charge in [0.1, 0.15) is 6.07 Å². The second-order valence-electron chi connectivity index (χ2n) is 5.31. The monoisotopic (exact) mass is 264 g/mol. The molecule has 1 aromatic rings. The summed E-state index contributed by atoms with van der Waals surface area (Å²) in [5.74, 6) is 0. The summed E-state index contributed by atoms with van der Waals surface area (Å²) in [5, 5.41) is 9.74. The van der Waals surface area contributed by atoms with Crippen LogP contribution in [0, 0.1) is 11.3 Å². The first-order chi connectivity index (χ1) is 8.43. The van der Waals surface area contributed by atoms with Crippen LogP contribution in [-0.2, 0) is 4.74 Å². The number of ether oxygens (including phenoxy) is 1. The van der Waals surface area contributed by atoms with E-state index in [1.165, 1.54) is 0 Å². The molecule has 1 unspecified atom stereocenters. The normalized spacial score (nSPS) is 22.6. The summed E-state index contributed by atoms with van der Waals surface area (Å²) in [6, 6.07) is 7.76. The van der Waals surface area contributed by atoms with E-state index in [0.717, 1.165) is 18.8 Å². The van der Waals surface area contributed by atoms with Crippen LogP contribution in [0.15, 0.2) is 18.2 Å². The highest BCUT2D eigenvalue weighted by Gasteiger charge is 2.32. The average molecular weight is 265 g/mol. The summed E-state index contributed by atoms with van der Waals surface area (Å²) < 4.78 is 5.87. The van der Waals surface area contributed by atoms with Crippen molar-refractivity contribution >= 4 is 17.3 Å². The molecule has 2 rings (SSSR count). The number of rotatable bonds is 1. The lowest BCUT2D eigenvalue weighted by Gasteiger charge is -2.43. The molecule has 1 fully saturated rings. The molecule has 1 heterocycles. The fourth-order valence-electron chi connectivity index (χ4n) is 2.52. The van der Waals surface area contributed by atoms with Gasteiger partial charge in [0.2, 0.25) is 0 Å². The van der Waals surface area contributed by atoms with Crippen LogP contribution >= 0.6 is 11.6 Å². The predicted molar refractivity (Wildman–Crippen MR) is 73.0 cm³/mol. The van der Waals surface area contributed by atoms with Crippen molar-refractivity contribution in [2.45, 2.75) is 32.5 Å². The van der Waals surface area contributed by atoms with Gasteiger partial charge < -0.3 is 9.64 Å². The van der Waals surface area contributed by atoms with Crippen molar-refractivity contribution in [3.8, 4) is 6.07 Å². The maximum absolute atomic E-state index is 9.23. The standard InChI is InChI=1S/C14H17ClN2O/c1-10-8-17(9-14(2,3)18-10)13-6-4-5-12(15)11(13)7-16/h4-6,10H,8-9H2,1-3H3. The van der Waals surface area contributed by atoms with Crippen molar-refractivity contribution in [1.82, 2.24) is 0 Å². The van der Waals surface area contributed by atoms with Crippen molar-refractivity contribution in [1.29, 1.82) is 5.26 Å². The fraction of sp³-hybridized carbons (Fsp3) is 0.500. The first-order valence-corrected chi connectivity index (χ1v) is 6.42. The van der Waals surface area contributed by atoms with Gasteiger partial charge in [0.15, 0.2) is 0 Å². The average Bonchev–Trinajstić information content (AvgIpc) is 2.25. The smallest absolute Gasteiger partial charge is 0.103 e. The molecule has 1 saturated heterocycles. The molecular formula is C14H17ClN2O. The molecule has 96 valence electrons. The number of nitrogens with zero attached hydrogens (tertiary/aromatic N) is 2. The van der Waals surface area contributed by atoms with Gasteiger partial charge >= 0.3 is 0 Å². The molecule has 0 N–H and O–H groups in total. The van der Waals surface area contributed by atoms with Crippen LogP contribution in [-0.4, -0.2) is 24.8 Å². The third-order valence-electron chi connectivity index (χ3n) is 3.01. The molecule has 1 aliphatic heterocycles. The van der Waals surface area contributed by atoms with E-state index < -0.39 is 0 Å². The van der Waals surface area contributed by atoms with E-state index in [1.54, 1.807) is 6.07 Å². The lowest BCUT2D eigenvalue weighted by atomic mass is 10.0. The third kappa shape index (κ3) is 2.60. The number of nitriles is 1. The van der Waals surface area contributed by atoms with Gasteiger partial charge in [0.25, 0.3) is 0 Å². The van der Waals surface area contributed by atoms with Crippen LogP contribution in [0.4, 0.5) is 5.69 Å². The largest absolute Gasteiger partial charge is 0.369 e. The number of hydrogen-bond acceptors (Lipinski definition) is 3. The highest BCUT2D eigenvalue weighted by Crippen LogP contribution is 2.31. The van der Waals surface area contributed by atoms with E-state index in [2.05, 4.69) is 24.8 Å². The lowest BCUT2D eigenvalue weighted by Crippen LogP contribution is -2.52. The molecule has 1 aromatic carbocycles. The molecule has 3 nitrogen and oxygen atoms in total. The molecule has 0 radical (unpaired) electrons. The van der Waals surface area contributed by atoms with E-state index in [9.17, 15) is 5.26 Å². The van der Waals surface area contributed by atoms with Crippen LogP contribution in [0.5, 0.6) is 0 Å². The van der Waals surface area contributed by atoms with Gasteiger partial charge in [-0.3, -0.25) is 0 Å². The Labute approximate surface area is 113 Å². The Kier molecular flexibility index (Phi) is 3.52. The molecule has 0 amide bonds. The molecule has 0 aromatic heterocycles. The molecule has 0 bridgehead atoms. The Bertz CT molecular complexity index is 493. The predicted octanol–water partition coefficient (Wildman–Crippen LogP) is 3.22. The zero-order valence-electron chi connectivity index (χ0n) is 10.9. The maximum atomic E-state index is 9.23. The van der Waals surface area contributed by atoms with Crippen LogP contribution in [0.25, 0.3) is 0 Å². The van der Waals surface area contributed by atoms with Gasteiger partial charge in [-0.1, -0.05) is 17.7 Å². The van der Waals surface area contributed by atoms with E-state index in [1.807, 2.05) is 19.1 Å². The van der Waals surface area contributed by atoms with Gasteiger partial charge in [0.05, 0.1) is 28.0 Å². The molecular weight excluding hydrogens is 248 g/mol. The Morgan fingerprint density at radius 3 is 2.83 bits per heavy atom. The van der Waals surface area contributed by atoms with Gasteiger partial charge in [0, 0.05) is 13.1 Å². The summed E-state index contributed by atoms with van der Waals surface area (Å²) in [7, 11) is 0. The summed E-state index contributed by atoms with van der Waals surface area (Å²) in [5.41, 5.74) is 1.23. The quantitative estimate of drug-likeness (QED) is 0.781. The summed E-state index contributed by atoms with van der Waals surface area (Å²) in [4.78, 5) is 2.18.